The van der Waals surface area contributed by atoms with E-state index in [2.05, 4.69) is 34.5 Å². The maximum absolute atomic E-state index is 5.53. The molecule has 2 aromatic rings. The molecule has 4 heteroatoms. The van der Waals surface area contributed by atoms with Gasteiger partial charge in [0.1, 0.15) is 0 Å². The highest BCUT2D eigenvalue weighted by molar-refractivity contribution is 7.80. The third kappa shape index (κ3) is 4.85. The normalized spacial score (nSPS) is 10.1. The summed E-state index contributed by atoms with van der Waals surface area (Å²) in [5.41, 5.74) is 2.30. The lowest BCUT2D eigenvalue weighted by molar-refractivity contribution is 0.204. The van der Waals surface area contributed by atoms with Crippen LogP contribution in [-0.4, -0.2) is 25.4 Å². The third-order valence-electron chi connectivity index (χ3n) is 3.08. The highest BCUT2D eigenvalue weighted by Gasteiger charge is 2.12. The molecule has 2 aromatic carbocycles. The molecule has 0 aliphatic rings. The van der Waals surface area contributed by atoms with Crippen LogP contribution >= 0.6 is 12.2 Å². The minimum absolute atomic E-state index is 0.633. The smallest absolute Gasteiger partial charge is 0.173 e. The van der Waals surface area contributed by atoms with Crippen molar-refractivity contribution in [1.29, 1.82) is 0 Å². The lowest BCUT2D eigenvalue weighted by Crippen LogP contribution is -2.40. The van der Waals surface area contributed by atoms with Gasteiger partial charge in [-0.25, -0.2) is 0 Å². The molecule has 0 saturated carbocycles. The van der Waals surface area contributed by atoms with Gasteiger partial charge in [0.2, 0.25) is 0 Å². The van der Waals surface area contributed by atoms with E-state index in [4.69, 9.17) is 17.0 Å². The quantitative estimate of drug-likeness (QED) is 0.654. The number of nitrogens with zero attached hydrogens (tertiary/aromatic N) is 1. The molecule has 0 unspecified atom stereocenters. The molecule has 0 aromatic heterocycles. The van der Waals surface area contributed by atoms with Gasteiger partial charge in [0.15, 0.2) is 5.11 Å². The van der Waals surface area contributed by atoms with E-state index in [-0.39, 0.29) is 0 Å². The van der Waals surface area contributed by atoms with Crippen molar-refractivity contribution in [3.8, 4) is 0 Å². The molecule has 21 heavy (non-hydrogen) atoms. The van der Waals surface area contributed by atoms with Gasteiger partial charge < -0.3 is 15.0 Å². The summed E-state index contributed by atoms with van der Waals surface area (Å²) in [5.74, 6) is 0. The Bertz CT molecular complexity index is 545. The van der Waals surface area contributed by atoms with Crippen LogP contribution in [0.4, 0.5) is 5.69 Å². The zero-order valence-electron chi connectivity index (χ0n) is 12.2. The zero-order valence-corrected chi connectivity index (χ0v) is 13.0. The molecule has 0 spiro atoms. The number of ether oxygens (including phenoxy) is 1. The van der Waals surface area contributed by atoms with Crippen molar-refractivity contribution in [2.45, 2.75) is 6.54 Å². The number of nitrogens with one attached hydrogen (secondary N) is 1. The fourth-order valence-corrected chi connectivity index (χ4v) is 2.28. The fraction of sp³-hybridized carbons (Fsp3) is 0.235. The lowest BCUT2D eigenvalue weighted by atomic mass is 10.2. The van der Waals surface area contributed by atoms with Crippen molar-refractivity contribution >= 4 is 23.0 Å². The molecule has 0 aliphatic heterocycles. The van der Waals surface area contributed by atoms with Crippen molar-refractivity contribution < 1.29 is 4.74 Å². The SMILES string of the molecule is COCCNC(=S)N(Cc1ccccc1)c1ccccc1. The van der Waals surface area contributed by atoms with Gasteiger partial charge in [0.25, 0.3) is 0 Å². The number of hydrogen-bond acceptors (Lipinski definition) is 2. The van der Waals surface area contributed by atoms with Gasteiger partial charge in [0, 0.05) is 19.3 Å². The number of methoxy groups -OCH3 is 1. The summed E-state index contributed by atoms with van der Waals surface area (Å²) in [6.45, 7) is 2.07. The van der Waals surface area contributed by atoms with Crippen LogP contribution in [-0.2, 0) is 11.3 Å². The second-order valence-electron chi connectivity index (χ2n) is 4.63. The van der Waals surface area contributed by atoms with Crippen LogP contribution in [0.1, 0.15) is 5.56 Å². The molecule has 0 saturated heterocycles. The van der Waals surface area contributed by atoms with Gasteiger partial charge in [-0.1, -0.05) is 48.5 Å². The Morgan fingerprint density at radius 2 is 1.67 bits per heavy atom. The molecule has 0 amide bonds. The summed E-state index contributed by atoms with van der Waals surface area (Å²) < 4.78 is 5.06. The number of hydrogen-bond donors (Lipinski definition) is 1. The van der Waals surface area contributed by atoms with Crippen LogP contribution in [0, 0.1) is 0 Å². The van der Waals surface area contributed by atoms with Gasteiger partial charge in [-0.15, -0.1) is 0 Å². The molecule has 0 atom stereocenters. The maximum atomic E-state index is 5.53. The molecule has 1 N–H and O–H groups in total. The topological polar surface area (TPSA) is 24.5 Å². The molecule has 110 valence electrons. The standard InChI is InChI=1S/C17H20N2OS/c1-20-13-12-18-17(21)19(16-10-6-3-7-11-16)14-15-8-4-2-5-9-15/h2-11H,12-14H2,1H3,(H,18,21). The van der Waals surface area contributed by atoms with E-state index >= 15 is 0 Å². The van der Waals surface area contributed by atoms with E-state index in [1.165, 1.54) is 5.56 Å². The van der Waals surface area contributed by atoms with Crippen molar-refractivity contribution in [2.75, 3.05) is 25.2 Å². The average molecular weight is 300 g/mol. The summed E-state index contributed by atoms with van der Waals surface area (Å²) in [6, 6.07) is 20.5. The first kappa shape index (κ1) is 15.5. The van der Waals surface area contributed by atoms with Gasteiger partial charge in [-0.3, -0.25) is 0 Å². The van der Waals surface area contributed by atoms with Crippen LogP contribution in [0.5, 0.6) is 0 Å². The first-order valence-electron chi connectivity index (χ1n) is 6.94. The van der Waals surface area contributed by atoms with Crippen molar-refractivity contribution in [1.82, 2.24) is 5.32 Å². The third-order valence-corrected chi connectivity index (χ3v) is 3.44. The fourth-order valence-electron chi connectivity index (χ4n) is 2.01. The molecule has 3 nitrogen and oxygen atoms in total. The molecule has 0 heterocycles. The highest BCUT2D eigenvalue weighted by Crippen LogP contribution is 2.17. The summed E-state index contributed by atoms with van der Waals surface area (Å²) in [6.07, 6.45) is 0. The average Bonchev–Trinajstić information content (AvgIpc) is 2.54. The first-order chi connectivity index (χ1) is 10.3. The monoisotopic (exact) mass is 300 g/mol. The summed E-state index contributed by atoms with van der Waals surface area (Å²) >= 11 is 5.53. The maximum Gasteiger partial charge on any atom is 0.173 e. The molecule has 2 rings (SSSR count). The lowest BCUT2D eigenvalue weighted by Gasteiger charge is -2.26. The van der Waals surface area contributed by atoms with Gasteiger partial charge in [-0.05, 0) is 29.9 Å². The second kappa shape index (κ2) is 8.39. The van der Waals surface area contributed by atoms with E-state index in [1.807, 2.05) is 36.4 Å². The summed E-state index contributed by atoms with van der Waals surface area (Å²) in [4.78, 5) is 2.10. The molecule has 0 radical (unpaired) electrons. The van der Waals surface area contributed by atoms with Crippen molar-refractivity contribution in [3.63, 3.8) is 0 Å². The van der Waals surface area contributed by atoms with Crippen LogP contribution in [0.3, 0.4) is 0 Å². The van der Waals surface area contributed by atoms with E-state index in [0.717, 1.165) is 12.2 Å². The van der Waals surface area contributed by atoms with E-state index < -0.39 is 0 Å². The summed E-state index contributed by atoms with van der Waals surface area (Å²) in [5, 5.41) is 3.95. The number of anilines is 1. The largest absolute Gasteiger partial charge is 0.383 e. The zero-order chi connectivity index (χ0) is 14.9. The number of para-hydroxylation sites is 1. The Morgan fingerprint density at radius 3 is 2.29 bits per heavy atom. The van der Waals surface area contributed by atoms with E-state index in [9.17, 15) is 0 Å². The van der Waals surface area contributed by atoms with Gasteiger partial charge in [-0.2, -0.15) is 0 Å². The predicted octanol–water partition coefficient (Wildman–Crippen LogP) is 3.21. The Labute approximate surface area is 131 Å². The molecule has 0 aliphatic carbocycles. The first-order valence-corrected chi connectivity index (χ1v) is 7.35. The number of thiocarbonyl (C=S) groups is 1. The Morgan fingerprint density at radius 1 is 1.05 bits per heavy atom. The Kier molecular flexibility index (Phi) is 6.19. The summed E-state index contributed by atoms with van der Waals surface area (Å²) in [7, 11) is 1.68. The molecule has 0 fully saturated rings. The molecular formula is C17H20N2OS. The van der Waals surface area contributed by atoms with E-state index in [0.29, 0.717) is 18.3 Å². The number of rotatable bonds is 6. The van der Waals surface area contributed by atoms with Crippen LogP contribution in [0.2, 0.25) is 0 Å². The van der Waals surface area contributed by atoms with Crippen LogP contribution in [0.25, 0.3) is 0 Å². The van der Waals surface area contributed by atoms with Crippen LogP contribution in [0.15, 0.2) is 60.7 Å². The minimum atomic E-state index is 0.633. The Hall–Kier alpha value is -1.91. The van der Waals surface area contributed by atoms with Gasteiger partial charge in [0.05, 0.1) is 13.2 Å². The van der Waals surface area contributed by atoms with Crippen molar-refractivity contribution in [3.05, 3.63) is 66.2 Å². The van der Waals surface area contributed by atoms with E-state index in [1.54, 1.807) is 7.11 Å². The molecule has 0 bridgehead atoms. The number of benzene rings is 2. The predicted molar refractivity (Wildman–Crippen MR) is 91.5 cm³/mol. The van der Waals surface area contributed by atoms with Gasteiger partial charge >= 0.3 is 0 Å². The molecular weight excluding hydrogens is 280 g/mol. The second-order valence-corrected chi connectivity index (χ2v) is 5.02. The Balaban J connectivity index is 2.12. The van der Waals surface area contributed by atoms with Crippen LogP contribution < -0.4 is 10.2 Å². The van der Waals surface area contributed by atoms with Crippen molar-refractivity contribution in [2.24, 2.45) is 0 Å². The highest BCUT2D eigenvalue weighted by atomic mass is 32.1. The minimum Gasteiger partial charge on any atom is -0.383 e.